The zero-order valence-corrected chi connectivity index (χ0v) is 15.9. The Morgan fingerprint density at radius 1 is 1.17 bits per heavy atom. The van der Waals surface area contributed by atoms with E-state index >= 15 is 0 Å². The van der Waals surface area contributed by atoms with Gasteiger partial charge in [-0.3, -0.25) is 4.79 Å². The van der Waals surface area contributed by atoms with Crippen molar-refractivity contribution in [3.8, 4) is 5.75 Å². The highest BCUT2D eigenvalue weighted by molar-refractivity contribution is 5.97. The van der Waals surface area contributed by atoms with Crippen molar-refractivity contribution >= 4 is 36.4 Å². The van der Waals surface area contributed by atoms with Crippen molar-refractivity contribution in [3.05, 3.63) is 24.3 Å². The summed E-state index contributed by atoms with van der Waals surface area (Å²) < 4.78 is 5.69. The quantitative estimate of drug-likeness (QED) is 0.742. The first-order valence-corrected chi connectivity index (χ1v) is 7.42. The number of nitrogens with one attached hydrogen (secondary N) is 1. The molecule has 134 valence electrons. The largest absolute Gasteiger partial charge is 0.492 e. The summed E-state index contributed by atoms with van der Waals surface area (Å²) in [7, 11) is 0. The number of anilines is 1. The zero-order valence-electron chi connectivity index (χ0n) is 14.3. The van der Waals surface area contributed by atoms with Crippen LogP contribution in [0.3, 0.4) is 0 Å². The number of amides is 1. The predicted molar refractivity (Wildman–Crippen MR) is 101 cm³/mol. The van der Waals surface area contributed by atoms with E-state index in [4.69, 9.17) is 10.5 Å². The van der Waals surface area contributed by atoms with Gasteiger partial charge in [0.05, 0.1) is 5.54 Å². The van der Waals surface area contributed by atoms with Crippen molar-refractivity contribution in [3.63, 3.8) is 0 Å². The Bertz CT molecular complexity index is 444. The number of likely N-dealkylation sites (N-methyl/N-ethyl adjacent to an activating group) is 1. The number of hydrogen-bond donors (Lipinski definition) is 2. The Morgan fingerprint density at radius 3 is 2.13 bits per heavy atom. The monoisotopic (exact) mass is 365 g/mol. The molecule has 0 aliphatic rings. The van der Waals surface area contributed by atoms with Crippen molar-refractivity contribution in [2.45, 2.75) is 33.2 Å². The van der Waals surface area contributed by atoms with Crippen LogP contribution in [0.15, 0.2) is 24.3 Å². The first-order chi connectivity index (χ1) is 9.86. The molecule has 1 rings (SSSR count). The second-order valence-corrected chi connectivity index (χ2v) is 5.58. The van der Waals surface area contributed by atoms with Crippen molar-refractivity contribution in [2.24, 2.45) is 5.73 Å². The molecule has 0 fully saturated rings. The predicted octanol–water partition coefficient (Wildman–Crippen LogP) is 2.93. The van der Waals surface area contributed by atoms with Gasteiger partial charge < -0.3 is 20.7 Å². The fourth-order valence-electron chi connectivity index (χ4n) is 1.76. The third-order valence-corrected chi connectivity index (χ3v) is 3.27. The minimum absolute atomic E-state index is 0. The molecule has 0 aromatic heterocycles. The molecule has 0 spiro atoms. The fraction of sp³-hybridized carbons (Fsp3) is 0.562. The average molecular weight is 366 g/mol. The van der Waals surface area contributed by atoms with Crippen LogP contribution in [0.5, 0.6) is 5.75 Å². The highest BCUT2D eigenvalue weighted by atomic mass is 35.5. The second kappa shape index (κ2) is 11.5. The summed E-state index contributed by atoms with van der Waals surface area (Å²) in [6.07, 6.45) is 0. The molecule has 0 unspecified atom stereocenters. The Hall–Kier alpha value is -1.01. The number of ether oxygens (including phenoxy) is 1. The van der Waals surface area contributed by atoms with Crippen LogP contribution >= 0.6 is 24.8 Å². The second-order valence-electron chi connectivity index (χ2n) is 5.58. The van der Waals surface area contributed by atoms with E-state index in [9.17, 15) is 4.79 Å². The third kappa shape index (κ3) is 9.01. The van der Waals surface area contributed by atoms with E-state index in [0.717, 1.165) is 31.1 Å². The maximum Gasteiger partial charge on any atom is 0.243 e. The number of rotatable bonds is 8. The molecule has 3 N–H and O–H groups in total. The number of carbonyl (C=O) groups is 1. The molecule has 0 bridgehead atoms. The summed E-state index contributed by atoms with van der Waals surface area (Å²) in [5.74, 6) is 0.588. The van der Waals surface area contributed by atoms with Gasteiger partial charge in [-0.2, -0.15) is 0 Å². The van der Waals surface area contributed by atoms with Gasteiger partial charge in [0.15, 0.2) is 0 Å². The van der Waals surface area contributed by atoms with Crippen molar-refractivity contribution in [1.29, 1.82) is 0 Å². The van der Waals surface area contributed by atoms with E-state index in [2.05, 4.69) is 24.1 Å². The standard InChI is InChI=1S/C16H27N3O2.2ClH/c1-5-19(6-2)11-12-21-14-9-7-13(8-10-14)18-15(20)16(3,4)17;;/h7-10H,5-6,11-12,17H2,1-4H3,(H,18,20);2*1H. The smallest absolute Gasteiger partial charge is 0.243 e. The molecular weight excluding hydrogens is 337 g/mol. The number of nitrogens with two attached hydrogens (primary N) is 1. The zero-order chi connectivity index (χ0) is 15.9. The average Bonchev–Trinajstić information content (AvgIpc) is 2.44. The number of carbonyl (C=O) groups excluding carboxylic acids is 1. The lowest BCUT2D eigenvalue weighted by molar-refractivity contribution is -0.120. The molecular formula is C16H29Cl2N3O2. The van der Waals surface area contributed by atoms with Crippen LogP contribution in [0.25, 0.3) is 0 Å². The Kier molecular flexibility index (Phi) is 12.1. The van der Waals surface area contributed by atoms with Crippen molar-refractivity contribution in [2.75, 3.05) is 31.6 Å². The number of halogens is 2. The van der Waals surface area contributed by atoms with Crippen LogP contribution < -0.4 is 15.8 Å². The summed E-state index contributed by atoms with van der Waals surface area (Å²) in [5.41, 5.74) is 5.56. The fourth-order valence-corrected chi connectivity index (χ4v) is 1.76. The molecule has 7 heteroatoms. The van der Waals surface area contributed by atoms with Crippen LogP contribution in [-0.4, -0.2) is 42.6 Å². The molecule has 0 aliphatic heterocycles. The highest BCUT2D eigenvalue weighted by Gasteiger charge is 2.21. The van der Waals surface area contributed by atoms with Crippen molar-refractivity contribution < 1.29 is 9.53 Å². The maximum atomic E-state index is 11.8. The molecule has 5 nitrogen and oxygen atoms in total. The lowest BCUT2D eigenvalue weighted by Gasteiger charge is -2.19. The van der Waals surface area contributed by atoms with E-state index in [-0.39, 0.29) is 30.7 Å². The van der Waals surface area contributed by atoms with Crippen LogP contribution in [0.2, 0.25) is 0 Å². The Balaban J connectivity index is 0. The first kappa shape index (κ1) is 24.2. The minimum Gasteiger partial charge on any atom is -0.492 e. The summed E-state index contributed by atoms with van der Waals surface area (Å²) >= 11 is 0. The molecule has 0 radical (unpaired) electrons. The summed E-state index contributed by atoms with van der Waals surface area (Å²) in [5, 5.41) is 2.77. The molecule has 1 amide bonds. The van der Waals surface area contributed by atoms with Gasteiger partial charge in [-0.15, -0.1) is 24.8 Å². The van der Waals surface area contributed by atoms with Gasteiger partial charge in [0.1, 0.15) is 12.4 Å². The van der Waals surface area contributed by atoms with Gasteiger partial charge in [-0.25, -0.2) is 0 Å². The molecule has 1 aromatic carbocycles. The first-order valence-electron chi connectivity index (χ1n) is 7.42. The van der Waals surface area contributed by atoms with Gasteiger partial charge in [0.2, 0.25) is 5.91 Å². The molecule has 0 saturated heterocycles. The molecule has 1 aromatic rings. The summed E-state index contributed by atoms with van der Waals surface area (Å²) in [6, 6.07) is 7.33. The van der Waals surface area contributed by atoms with Gasteiger partial charge in [-0.1, -0.05) is 13.8 Å². The molecule has 0 atom stereocenters. The minimum atomic E-state index is -0.890. The highest BCUT2D eigenvalue weighted by Crippen LogP contribution is 2.16. The van der Waals surface area contributed by atoms with E-state index in [1.807, 2.05) is 24.3 Å². The van der Waals surface area contributed by atoms with Gasteiger partial charge >= 0.3 is 0 Å². The number of nitrogens with zero attached hydrogens (tertiary/aromatic N) is 1. The lowest BCUT2D eigenvalue weighted by Crippen LogP contribution is -2.45. The lowest BCUT2D eigenvalue weighted by atomic mass is 10.1. The van der Waals surface area contributed by atoms with Crippen LogP contribution in [0.1, 0.15) is 27.7 Å². The Labute approximate surface area is 151 Å². The summed E-state index contributed by atoms with van der Waals surface area (Å²) in [4.78, 5) is 14.1. The van der Waals surface area contributed by atoms with Crippen LogP contribution in [0.4, 0.5) is 5.69 Å². The normalized spacial score (nSPS) is 10.5. The number of benzene rings is 1. The maximum absolute atomic E-state index is 11.8. The number of hydrogen-bond acceptors (Lipinski definition) is 4. The molecule has 23 heavy (non-hydrogen) atoms. The van der Waals surface area contributed by atoms with E-state index in [1.165, 1.54) is 0 Å². The van der Waals surface area contributed by atoms with Crippen LogP contribution in [-0.2, 0) is 4.79 Å². The van der Waals surface area contributed by atoms with Gasteiger partial charge in [0, 0.05) is 12.2 Å². The van der Waals surface area contributed by atoms with Crippen molar-refractivity contribution in [1.82, 2.24) is 4.90 Å². The summed E-state index contributed by atoms with van der Waals surface area (Å²) in [6.45, 7) is 11.2. The van der Waals surface area contributed by atoms with Gasteiger partial charge in [0.25, 0.3) is 0 Å². The SMILES string of the molecule is CCN(CC)CCOc1ccc(NC(=O)C(C)(C)N)cc1.Cl.Cl. The van der Waals surface area contributed by atoms with E-state index < -0.39 is 5.54 Å². The molecule has 0 aliphatic carbocycles. The molecule has 0 saturated carbocycles. The molecule has 0 heterocycles. The Morgan fingerprint density at radius 2 is 1.70 bits per heavy atom. The third-order valence-electron chi connectivity index (χ3n) is 3.27. The van der Waals surface area contributed by atoms with E-state index in [0.29, 0.717) is 6.61 Å². The van der Waals surface area contributed by atoms with Gasteiger partial charge in [-0.05, 0) is 51.2 Å². The van der Waals surface area contributed by atoms with Crippen LogP contribution in [0, 0.1) is 0 Å². The topological polar surface area (TPSA) is 67.6 Å². The van der Waals surface area contributed by atoms with E-state index in [1.54, 1.807) is 13.8 Å².